The fraction of sp³-hybridized carbons (Fsp3) is 0.250. The number of carbonyl (C=O) groups is 3. The van der Waals surface area contributed by atoms with Crippen LogP contribution in [0.15, 0.2) is 42.7 Å². The summed E-state index contributed by atoms with van der Waals surface area (Å²) in [5.74, 6) is -0.926. The van der Waals surface area contributed by atoms with Gasteiger partial charge in [0.05, 0.1) is 6.42 Å². The molecule has 2 rings (SSSR count). The van der Waals surface area contributed by atoms with Crippen molar-refractivity contribution in [2.75, 3.05) is 7.05 Å². The SMILES string of the molecule is CNC(=O)[C@H](CC(N)=O)NC(=O)Cn1ccnc1-c1ccccc1. The third-order valence-electron chi connectivity index (χ3n) is 3.36. The molecule has 8 heteroatoms. The molecule has 0 bridgehead atoms. The van der Waals surface area contributed by atoms with Crippen molar-refractivity contribution in [3.05, 3.63) is 42.7 Å². The van der Waals surface area contributed by atoms with Crippen LogP contribution in [0.25, 0.3) is 11.4 Å². The Morgan fingerprint density at radius 3 is 2.58 bits per heavy atom. The Bertz CT molecular complexity index is 726. The maximum absolute atomic E-state index is 12.2. The van der Waals surface area contributed by atoms with E-state index in [-0.39, 0.29) is 13.0 Å². The summed E-state index contributed by atoms with van der Waals surface area (Å²) < 4.78 is 1.66. The quantitative estimate of drug-likeness (QED) is 0.643. The van der Waals surface area contributed by atoms with Gasteiger partial charge in [-0.1, -0.05) is 30.3 Å². The van der Waals surface area contributed by atoms with Crippen LogP contribution < -0.4 is 16.4 Å². The topological polar surface area (TPSA) is 119 Å². The van der Waals surface area contributed by atoms with Gasteiger partial charge in [-0.15, -0.1) is 0 Å². The van der Waals surface area contributed by atoms with Crippen molar-refractivity contribution < 1.29 is 14.4 Å². The molecule has 8 nitrogen and oxygen atoms in total. The Morgan fingerprint density at radius 1 is 1.25 bits per heavy atom. The van der Waals surface area contributed by atoms with Crippen LogP contribution in [0.3, 0.4) is 0 Å². The van der Waals surface area contributed by atoms with Gasteiger partial charge < -0.3 is 20.9 Å². The molecular weight excluding hydrogens is 310 g/mol. The van der Waals surface area contributed by atoms with Crippen LogP contribution in [0.1, 0.15) is 6.42 Å². The minimum absolute atomic E-state index is 0.0313. The molecule has 2 aromatic rings. The molecule has 0 aliphatic heterocycles. The molecule has 1 heterocycles. The fourth-order valence-corrected chi connectivity index (χ4v) is 2.26. The van der Waals surface area contributed by atoms with Crippen molar-refractivity contribution in [2.45, 2.75) is 19.0 Å². The lowest BCUT2D eigenvalue weighted by Crippen LogP contribution is -2.48. The van der Waals surface area contributed by atoms with Crippen molar-refractivity contribution in [1.82, 2.24) is 20.2 Å². The van der Waals surface area contributed by atoms with E-state index < -0.39 is 23.8 Å². The van der Waals surface area contributed by atoms with Gasteiger partial charge in [-0.3, -0.25) is 14.4 Å². The molecule has 3 amide bonds. The maximum atomic E-state index is 12.2. The summed E-state index contributed by atoms with van der Waals surface area (Å²) >= 11 is 0. The first-order chi connectivity index (χ1) is 11.5. The van der Waals surface area contributed by atoms with Gasteiger partial charge in [0, 0.05) is 25.0 Å². The Labute approximate surface area is 139 Å². The number of nitrogens with two attached hydrogens (primary N) is 1. The van der Waals surface area contributed by atoms with E-state index in [1.807, 2.05) is 30.3 Å². The van der Waals surface area contributed by atoms with E-state index >= 15 is 0 Å². The number of primary amides is 1. The molecule has 1 aromatic carbocycles. The molecule has 0 radical (unpaired) electrons. The molecule has 0 saturated heterocycles. The summed E-state index contributed by atoms with van der Waals surface area (Å²) in [4.78, 5) is 39.2. The Morgan fingerprint density at radius 2 is 1.96 bits per heavy atom. The second-order valence-corrected chi connectivity index (χ2v) is 5.15. The van der Waals surface area contributed by atoms with Crippen LogP contribution in [-0.2, 0) is 20.9 Å². The molecule has 1 atom stereocenters. The normalized spacial score (nSPS) is 11.5. The third kappa shape index (κ3) is 4.42. The van der Waals surface area contributed by atoms with Gasteiger partial charge in [0.1, 0.15) is 18.4 Å². The summed E-state index contributed by atoms with van der Waals surface area (Å²) in [5, 5.41) is 4.91. The summed E-state index contributed by atoms with van der Waals surface area (Å²) in [6, 6.07) is 8.42. The lowest BCUT2D eigenvalue weighted by molar-refractivity contribution is -0.131. The highest BCUT2D eigenvalue weighted by molar-refractivity contribution is 5.91. The number of nitrogens with zero attached hydrogens (tertiary/aromatic N) is 2. The molecule has 0 unspecified atom stereocenters. The molecule has 0 aliphatic carbocycles. The Hall–Kier alpha value is -3.16. The molecule has 126 valence electrons. The number of carbonyl (C=O) groups excluding carboxylic acids is 3. The molecular formula is C16H19N5O3. The van der Waals surface area contributed by atoms with Crippen LogP contribution in [-0.4, -0.2) is 40.4 Å². The van der Waals surface area contributed by atoms with Crippen LogP contribution in [0, 0.1) is 0 Å². The smallest absolute Gasteiger partial charge is 0.242 e. The van der Waals surface area contributed by atoms with E-state index in [4.69, 9.17) is 5.73 Å². The van der Waals surface area contributed by atoms with E-state index in [0.717, 1.165) is 5.56 Å². The minimum atomic E-state index is -0.997. The zero-order valence-corrected chi connectivity index (χ0v) is 13.2. The van der Waals surface area contributed by atoms with Crippen LogP contribution in [0.4, 0.5) is 0 Å². The van der Waals surface area contributed by atoms with Gasteiger partial charge in [0.15, 0.2) is 0 Å². The highest BCUT2D eigenvalue weighted by atomic mass is 16.2. The minimum Gasteiger partial charge on any atom is -0.370 e. The summed E-state index contributed by atoms with van der Waals surface area (Å²) in [6.45, 7) is -0.0313. The van der Waals surface area contributed by atoms with E-state index in [1.165, 1.54) is 7.05 Å². The Balaban J connectivity index is 2.08. The van der Waals surface area contributed by atoms with Gasteiger partial charge in [-0.2, -0.15) is 0 Å². The van der Waals surface area contributed by atoms with E-state index in [2.05, 4.69) is 15.6 Å². The molecule has 1 aromatic heterocycles. The molecule has 4 N–H and O–H groups in total. The van der Waals surface area contributed by atoms with Crippen LogP contribution in [0.5, 0.6) is 0 Å². The highest BCUT2D eigenvalue weighted by Crippen LogP contribution is 2.16. The van der Waals surface area contributed by atoms with Gasteiger partial charge in [0.2, 0.25) is 17.7 Å². The number of imidazole rings is 1. The predicted molar refractivity (Wildman–Crippen MR) is 87.5 cm³/mol. The van der Waals surface area contributed by atoms with Gasteiger partial charge in [-0.05, 0) is 0 Å². The van der Waals surface area contributed by atoms with Crippen molar-refractivity contribution in [2.24, 2.45) is 5.73 Å². The number of likely N-dealkylation sites (N-methyl/N-ethyl adjacent to an activating group) is 1. The lowest BCUT2D eigenvalue weighted by atomic mass is 10.2. The number of hydrogen-bond acceptors (Lipinski definition) is 4. The second kappa shape index (κ2) is 7.91. The van der Waals surface area contributed by atoms with Gasteiger partial charge in [-0.25, -0.2) is 4.98 Å². The third-order valence-corrected chi connectivity index (χ3v) is 3.36. The zero-order chi connectivity index (χ0) is 17.5. The number of nitrogens with one attached hydrogen (secondary N) is 2. The second-order valence-electron chi connectivity index (χ2n) is 5.15. The average Bonchev–Trinajstić information content (AvgIpc) is 3.01. The summed E-state index contributed by atoms with van der Waals surface area (Å²) in [7, 11) is 1.42. The highest BCUT2D eigenvalue weighted by Gasteiger charge is 2.22. The van der Waals surface area contributed by atoms with Crippen molar-refractivity contribution >= 4 is 17.7 Å². The van der Waals surface area contributed by atoms with Gasteiger partial charge >= 0.3 is 0 Å². The number of rotatable bonds is 7. The largest absolute Gasteiger partial charge is 0.370 e. The van der Waals surface area contributed by atoms with Crippen LogP contribution in [0.2, 0.25) is 0 Å². The Kier molecular flexibility index (Phi) is 5.67. The van der Waals surface area contributed by atoms with E-state index in [0.29, 0.717) is 5.82 Å². The average molecular weight is 329 g/mol. The first-order valence-corrected chi connectivity index (χ1v) is 7.37. The monoisotopic (exact) mass is 329 g/mol. The van der Waals surface area contributed by atoms with E-state index in [9.17, 15) is 14.4 Å². The van der Waals surface area contributed by atoms with Crippen LogP contribution >= 0.6 is 0 Å². The van der Waals surface area contributed by atoms with Crippen molar-refractivity contribution in [1.29, 1.82) is 0 Å². The van der Waals surface area contributed by atoms with Crippen molar-refractivity contribution in [3.63, 3.8) is 0 Å². The number of benzene rings is 1. The number of amides is 3. The number of hydrogen-bond donors (Lipinski definition) is 3. The molecule has 0 fully saturated rings. The number of aromatic nitrogens is 2. The van der Waals surface area contributed by atoms with Gasteiger partial charge in [0.25, 0.3) is 0 Å². The molecule has 0 aliphatic rings. The summed E-state index contributed by atoms with van der Waals surface area (Å²) in [5.41, 5.74) is 5.98. The fourth-order valence-electron chi connectivity index (χ4n) is 2.26. The standard InChI is InChI=1S/C16H19N5O3/c1-18-16(24)12(9-13(17)22)20-14(23)10-21-8-7-19-15(21)11-5-3-2-4-6-11/h2-8,12H,9-10H2,1H3,(H2,17,22)(H,18,24)(H,20,23)/t12-/m0/s1. The summed E-state index contributed by atoms with van der Waals surface area (Å²) in [6.07, 6.45) is 3.00. The zero-order valence-electron chi connectivity index (χ0n) is 13.2. The first kappa shape index (κ1) is 17.2. The molecule has 0 spiro atoms. The first-order valence-electron chi connectivity index (χ1n) is 7.37. The van der Waals surface area contributed by atoms with Crippen molar-refractivity contribution in [3.8, 4) is 11.4 Å². The molecule has 24 heavy (non-hydrogen) atoms. The maximum Gasteiger partial charge on any atom is 0.242 e. The predicted octanol–water partition coefficient (Wildman–Crippen LogP) is -0.344. The lowest BCUT2D eigenvalue weighted by Gasteiger charge is -2.16. The van der Waals surface area contributed by atoms with E-state index in [1.54, 1.807) is 17.0 Å². The molecule has 0 saturated carbocycles.